The van der Waals surface area contributed by atoms with Crippen molar-refractivity contribution in [2.24, 2.45) is 10.2 Å². The predicted molar refractivity (Wildman–Crippen MR) is 212 cm³/mol. The number of carbonyl (C=O) groups is 4. The van der Waals surface area contributed by atoms with Crippen LogP contribution in [0.1, 0.15) is 13.8 Å². The summed E-state index contributed by atoms with van der Waals surface area (Å²) < 4.78 is 21.0. The van der Waals surface area contributed by atoms with Gasteiger partial charge in [-0.3, -0.25) is 30.0 Å². The second-order valence-corrected chi connectivity index (χ2v) is 12.6. The minimum atomic E-state index is -0.823. The van der Waals surface area contributed by atoms with E-state index in [1.165, 1.54) is 66.6 Å². The second-order valence-electron chi connectivity index (χ2n) is 10.9. The Kier molecular flexibility index (Phi) is 14.1. The first-order chi connectivity index (χ1) is 25.7. The molecular weight excluding hydrogens is 786 g/mol. The van der Waals surface area contributed by atoms with Crippen LogP contribution in [0, 0.1) is 0 Å². The number of benzene rings is 4. The number of hydrazone groups is 2. The van der Waals surface area contributed by atoms with Crippen LogP contribution in [0.3, 0.4) is 0 Å². The average Bonchev–Trinajstić information content (AvgIpc) is 3.13. The molecule has 2 amide bonds. The molecule has 14 nitrogen and oxygen atoms in total. The van der Waals surface area contributed by atoms with Crippen LogP contribution in [0.2, 0.25) is 20.1 Å². The van der Waals surface area contributed by atoms with Crippen molar-refractivity contribution in [2.45, 2.75) is 13.8 Å². The van der Waals surface area contributed by atoms with Gasteiger partial charge < -0.3 is 29.6 Å². The van der Waals surface area contributed by atoms with Gasteiger partial charge in [-0.1, -0.05) is 58.5 Å². The third-order valence-corrected chi connectivity index (χ3v) is 8.61. The summed E-state index contributed by atoms with van der Waals surface area (Å²) >= 11 is 25.4. The summed E-state index contributed by atoms with van der Waals surface area (Å²) in [5, 5.41) is 14.1. The summed E-state index contributed by atoms with van der Waals surface area (Å²) in [6.45, 7) is 2.37. The van der Waals surface area contributed by atoms with Gasteiger partial charge in [-0.15, -0.1) is 0 Å². The lowest BCUT2D eigenvalue weighted by atomic mass is 10.0. The minimum absolute atomic E-state index is 0.202. The van der Waals surface area contributed by atoms with E-state index in [-0.39, 0.29) is 54.5 Å². The number of amides is 2. The second kappa shape index (κ2) is 18.5. The third kappa shape index (κ3) is 9.90. The van der Waals surface area contributed by atoms with E-state index in [1.807, 2.05) is 0 Å². The van der Waals surface area contributed by atoms with Gasteiger partial charge in [0.05, 0.1) is 71.3 Å². The molecule has 4 aromatic rings. The maximum atomic E-state index is 13.1. The van der Waals surface area contributed by atoms with Gasteiger partial charge in [-0.2, -0.15) is 10.2 Å². The molecule has 0 fully saturated rings. The van der Waals surface area contributed by atoms with Crippen LogP contribution < -0.4 is 40.4 Å². The Labute approximate surface area is 329 Å². The molecule has 0 saturated heterocycles. The van der Waals surface area contributed by atoms with E-state index in [0.29, 0.717) is 22.5 Å². The van der Waals surface area contributed by atoms with Crippen molar-refractivity contribution in [3.05, 3.63) is 80.8 Å². The summed E-state index contributed by atoms with van der Waals surface area (Å²) in [6.07, 6.45) is 0. The highest BCUT2D eigenvalue weighted by Crippen LogP contribution is 2.37. The molecule has 0 aliphatic carbocycles. The number of hydrogen-bond acceptors (Lipinski definition) is 12. The molecule has 0 aliphatic heterocycles. The first-order valence-corrected chi connectivity index (χ1v) is 17.0. The zero-order valence-electron chi connectivity index (χ0n) is 29.4. The summed E-state index contributed by atoms with van der Waals surface area (Å²) in [6, 6.07) is 15.6. The Bertz CT molecular complexity index is 2040. The van der Waals surface area contributed by atoms with Crippen molar-refractivity contribution in [3.8, 4) is 34.1 Å². The van der Waals surface area contributed by atoms with Crippen molar-refractivity contribution < 1.29 is 38.1 Å². The van der Waals surface area contributed by atoms with E-state index in [9.17, 15) is 19.2 Å². The van der Waals surface area contributed by atoms with Crippen LogP contribution in [0.4, 0.5) is 22.7 Å². The monoisotopic (exact) mass is 816 g/mol. The molecule has 0 aromatic heterocycles. The van der Waals surface area contributed by atoms with Crippen molar-refractivity contribution in [3.63, 3.8) is 0 Å². The van der Waals surface area contributed by atoms with Gasteiger partial charge in [0, 0.05) is 38.1 Å². The molecule has 0 saturated carbocycles. The number of methoxy groups -OCH3 is 4. The standard InChI is InChI=1S/C36H32Cl4N6O8/c1-17(47)33(35(49)41-27-15-29(51-3)23(39)13-31(27)53-5)45-43-25-9-7-19(11-21(25)37)20-8-10-26(22(38)12-20)44-46-34(18(2)48)36(50)42-28-16-30(52-4)24(40)14-32(28)54-6/h7-16,43-44H,1-6H3,(H,41,49)(H,42,50)/b45-33+,46-34+. The van der Waals surface area contributed by atoms with Crippen LogP contribution in [0.5, 0.6) is 23.0 Å². The first kappa shape index (κ1) is 41.2. The van der Waals surface area contributed by atoms with E-state index < -0.39 is 34.8 Å². The average molecular weight is 818 g/mol. The number of nitrogens with zero attached hydrogens (tertiary/aromatic N) is 2. The smallest absolute Gasteiger partial charge is 0.279 e. The number of ether oxygens (including phenoxy) is 4. The lowest BCUT2D eigenvalue weighted by molar-refractivity contribution is -0.116. The van der Waals surface area contributed by atoms with Crippen LogP contribution in [-0.2, 0) is 19.2 Å². The Morgan fingerprint density at radius 3 is 1.13 bits per heavy atom. The first-order valence-electron chi connectivity index (χ1n) is 15.5. The van der Waals surface area contributed by atoms with E-state index in [2.05, 4.69) is 31.7 Å². The summed E-state index contributed by atoms with van der Waals surface area (Å²) in [7, 11) is 5.61. The van der Waals surface area contributed by atoms with Crippen LogP contribution in [-0.4, -0.2) is 63.2 Å². The molecule has 0 aliphatic rings. The molecule has 0 atom stereocenters. The Hall–Kier alpha value is -5.54. The molecule has 0 bridgehead atoms. The van der Waals surface area contributed by atoms with Gasteiger partial charge >= 0.3 is 0 Å². The van der Waals surface area contributed by atoms with Gasteiger partial charge in [0.1, 0.15) is 23.0 Å². The number of anilines is 4. The van der Waals surface area contributed by atoms with Crippen LogP contribution in [0.25, 0.3) is 11.1 Å². The largest absolute Gasteiger partial charge is 0.495 e. The fourth-order valence-corrected chi connectivity index (χ4v) is 5.57. The van der Waals surface area contributed by atoms with Crippen molar-refractivity contribution >= 4 is 104 Å². The van der Waals surface area contributed by atoms with Gasteiger partial charge in [0.2, 0.25) is 0 Å². The summed E-state index contributed by atoms with van der Waals surface area (Å²) in [4.78, 5) is 50.9. The number of nitrogens with one attached hydrogen (secondary N) is 4. The number of rotatable bonds is 15. The number of carbonyl (C=O) groups excluding carboxylic acids is 4. The zero-order valence-corrected chi connectivity index (χ0v) is 32.5. The third-order valence-electron chi connectivity index (χ3n) is 7.39. The Morgan fingerprint density at radius 2 is 0.833 bits per heavy atom. The Morgan fingerprint density at radius 1 is 0.481 bits per heavy atom. The highest BCUT2D eigenvalue weighted by atomic mass is 35.5. The van der Waals surface area contributed by atoms with Gasteiger partial charge in [-0.05, 0) is 35.4 Å². The van der Waals surface area contributed by atoms with Crippen molar-refractivity contribution in [2.75, 3.05) is 49.9 Å². The SMILES string of the molecule is COc1cc(NC(=O)/C(=N/Nc2ccc(-c3ccc(N/N=C(\C(C)=O)C(=O)Nc4cc(OC)c(Cl)cc4OC)c(Cl)c3)cc2Cl)C(C)=O)c(OC)cc1Cl. The number of ketones is 2. The van der Waals surface area contributed by atoms with Crippen molar-refractivity contribution in [1.82, 2.24) is 0 Å². The molecule has 0 heterocycles. The minimum Gasteiger partial charge on any atom is -0.495 e. The molecule has 18 heteroatoms. The molecule has 0 unspecified atom stereocenters. The summed E-state index contributed by atoms with van der Waals surface area (Å²) in [5.74, 6) is -1.86. The fraction of sp³-hybridized carbons (Fsp3) is 0.167. The number of hydrogen-bond donors (Lipinski definition) is 4. The normalized spacial score (nSPS) is 11.3. The van der Waals surface area contributed by atoms with E-state index in [1.54, 1.807) is 36.4 Å². The van der Waals surface area contributed by atoms with Gasteiger partial charge in [0.25, 0.3) is 11.8 Å². The number of halogens is 4. The molecule has 282 valence electrons. The number of Topliss-reactive ketones (excluding diaryl/α,β-unsaturated/α-hetero) is 2. The molecule has 4 N–H and O–H groups in total. The van der Waals surface area contributed by atoms with Gasteiger partial charge in [-0.25, -0.2) is 0 Å². The molecule has 54 heavy (non-hydrogen) atoms. The van der Waals surface area contributed by atoms with E-state index >= 15 is 0 Å². The fourth-order valence-electron chi connectivity index (χ4n) is 4.66. The predicted octanol–water partition coefficient (Wildman–Crippen LogP) is 7.99. The molecular formula is C36H32Cl4N6O8. The van der Waals surface area contributed by atoms with E-state index in [4.69, 9.17) is 65.4 Å². The van der Waals surface area contributed by atoms with Crippen LogP contribution >= 0.6 is 46.4 Å². The molecule has 4 rings (SSSR count). The lowest BCUT2D eigenvalue weighted by Crippen LogP contribution is -2.29. The molecule has 4 aromatic carbocycles. The maximum absolute atomic E-state index is 13.1. The summed E-state index contributed by atoms with van der Waals surface area (Å²) in [5.41, 5.74) is 6.72. The Balaban J connectivity index is 1.49. The lowest BCUT2D eigenvalue weighted by Gasteiger charge is -2.14. The topological polar surface area (TPSA) is 178 Å². The van der Waals surface area contributed by atoms with Crippen LogP contribution in [0.15, 0.2) is 70.9 Å². The highest BCUT2D eigenvalue weighted by Gasteiger charge is 2.22. The molecule has 0 radical (unpaired) electrons. The van der Waals surface area contributed by atoms with Gasteiger partial charge in [0.15, 0.2) is 23.0 Å². The van der Waals surface area contributed by atoms with E-state index in [0.717, 1.165) is 0 Å². The highest BCUT2D eigenvalue weighted by molar-refractivity contribution is 6.68. The van der Waals surface area contributed by atoms with Crippen molar-refractivity contribution in [1.29, 1.82) is 0 Å². The molecule has 0 spiro atoms. The quantitative estimate of drug-likeness (QED) is 0.0522. The maximum Gasteiger partial charge on any atom is 0.279 e. The zero-order chi connectivity index (χ0) is 39.7.